The van der Waals surface area contributed by atoms with E-state index in [1.807, 2.05) is 18.2 Å². The summed E-state index contributed by atoms with van der Waals surface area (Å²) in [6.45, 7) is 0. The average Bonchev–Trinajstić information content (AvgIpc) is 2.25. The van der Waals surface area contributed by atoms with Gasteiger partial charge in [0.15, 0.2) is 0 Å². The number of hydrogen-bond donors (Lipinski definition) is 0. The zero-order chi connectivity index (χ0) is 10.4. The van der Waals surface area contributed by atoms with Crippen molar-refractivity contribution in [3.8, 4) is 17.6 Å². The van der Waals surface area contributed by atoms with E-state index in [0.29, 0.717) is 11.5 Å². The molecule has 0 heterocycles. The van der Waals surface area contributed by atoms with Crippen LogP contribution in [0.15, 0.2) is 24.3 Å². The Balaban J connectivity index is 3.05. The third kappa shape index (κ3) is 2.53. The Morgan fingerprint density at radius 1 is 1.14 bits per heavy atom. The third-order valence-electron chi connectivity index (χ3n) is 1.72. The second-order valence-corrected chi connectivity index (χ2v) is 2.61. The van der Waals surface area contributed by atoms with Crippen molar-refractivity contribution in [3.05, 3.63) is 29.8 Å². The van der Waals surface area contributed by atoms with E-state index in [1.165, 1.54) is 6.08 Å². The summed E-state index contributed by atoms with van der Waals surface area (Å²) in [7, 11) is 3.18. The summed E-state index contributed by atoms with van der Waals surface area (Å²) in [6.07, 6.45) is 3.11. The number of allylic oxidation sites excluding steroid dienone is 1. The van der Waals surface area contributed by atoms with Crippen LogP contribution in [-0.2, 0) is 0 Å². The minimum atomic E-state index is 0.710. The van der Waals surface area contributed by atoms with E-state index in [9.17, 15) is 0 Å². The molecule has 0 radical (unpaired) electrons. The number of methoxy groups -OCH3 is 2. The predicted octanol–water partition coefficient (Wildman–Crippen LogP) is 2.24. The molecule has 0 atom stereocenters. The largest absolute Gasteiger partial charge is 0.497 e. The molecule has 0 aliphatic rings. The van der Waals surface area contributed by atoms with Crippen LogP contribution in [0.3, 0.4) is 0 Å². The smallest absolute Gasteiger partial charge is 0.123 e. The monoisotopic (exact) mass is 189 g/mol. The maximum absolute atomic E-state index is 8.38. The second-order valence-electron chi connectivity index (χ2n) is 2.61. The van der Waals surface area contributed by atoms with Crippen molar-refractivity contribution >= 4 is 6.08 Å². The molecule has 1 rings (SSSR count). The van der Waals surface area contributed by atoms with Crippen molar-refractivity contribution in [2.75, 3.05) is 14.2 Å². The van der Waals surface area contributed by atoms with Crippen LogP contribution in [0, 0.1) is 11.3 Å². The van der Waals surface area contributed by atoms with E-state index in [0.717, 1.165) is 5.56 Å². The standard InChI is InChI=1S/C11H11NO2/c1-13-10-6-9(4-3-5-12)7-11(8-10)14-2/h3-4,6-8H,1-2H3. The maximum atomic E-state index is 8.38. The van der Waals surface area contributed by atoms with Crippen molar-refractivity contribution in [2.45, 2.75) is 0 Å². The number of rotatable bonds is 3. The van der Waals surface area contributed by atoms with Crippen LogP contribution in [0.4, 0.5) is 0 Å². The molecular formula is C11H11NO2. The molecule has 3 nitrogen and oxygen atoms in total. The van der Waals surface area contributed by atoms with Gasteiger partial charge in [0, 0.05) is 12.1 Å². The van der Waals surface area contributed by atoms with Crippen LogP contribution in [0.25, 0.3) is 6.08 Å². The summed E-state index contributed by atoms with van der Waals surface area (Å²) < 4.78 is 10.2. The number of nitriles is 1. The lowest BCUT2D eigenvalue weighted by Crippen LogP contribution is -1.87. The third-order valence-corrected chi connectivity index (χ3v) is 1.72. The Kier molecular flexibility index (Phi) is 3.57. The van der Waals surface area contributed by atoms with Crippen LogP contribution in [0.1, 0.15) is 5.56 Å². The molecule has 72 valence electrons. The first-order valence-corrected chi connectivity index (χ1v) is 4.09. The fraction of sp³-hybridized carbons (Fsp3) is 0.182. The van der Waals surface area contributed by atoms with E-state index in [-0.39, 0.29) is 0 Å². The van der Waals surface area contributed by atoms with E-state index in [4.69, 9.17) is 14.7 Å². The van der Waals surface area contributed by atoms with Gasteiger partial charge in [-0.15, -0.1) is 0 Å². The van der Waals surface area contributed by atoms with Crippen molar-refractivity contribution in [1.29, 1.82) is 5.26 Å². The molecule has 0 amide bonds. The first kappa shape index (κ1) is 10.1. The minimum absolute atomic E-state index is 0.710. The number of nitrogens with zero attached hydrogens (tertiary/aromatic N) is 1. The molecule has 1 aromatic rings. The first-order valence-electron chi connectivity index (χ1n) is 4.09. The van der Waals surface area contributed by atoms with Crippen molar-refractivity contribution in [3.63, 3.8) is 0 Å². The van der Waals surface area contributed by atoms with Gasteiger partial charge in [0.25, 0.3) is 0 Å². The van der Waals surface area contributed by atoms with Crippen LogP contribution >= 0.6 is 0 Å². The molecule has 0 aliphatic carbocycles. The predicted molar refractivity (Wildman–Crippen MR) is 54.2 cm³/mol. The van der Waals surface area contributed by atoms with E-state index in [1.54, 1.807) is 26.4 Å². The Morgan fingerprint density at radius 3 is 2.14 bits per heavy atom. The van der Waals surface area contributed by atoms with Crippen LogP contribution in [0.2, 0.25) is 0 Å². The molecule has 0 bridgehead atoms. The first-order chi connectivity index (χ1) is 6.80. The van der Waals surface area contributed by atoms with Gasteiger partial charge in [0.05, 0.1) is 20.3 Å². The fourth-order valence-corrected chi connectivity index (χ4v) is 1.06. The summed E-state index contributed by atoms with van der Waals surface area (Å²) in [6, 6.07) is 7.37. The Hall–Kier alpha value is -1.95. The summed E-state index contributed by atoms with van der Waals surface area (Å²) in [5.41, 5.74) is 0.878. The summed E-state index contributed by atoms with van der Waals surface area (Å²) >= 11 is 0. The average molecular weight is 189 g/mol. The number of hydrogen-bond acceptors (Lipinski definition) is 3. The fourth-order valence-electron chi connectivity index (χ4n) is 1.06. The lowest BCUT2D eigenvalue weighted by atomic mass is 10.2. The molecule has 14 heavy (non-hydrogen) atoms. The Labute approximate surface area is 83.2 Å². The van der Waals surface area contributed by atoms with Gasteiger partial charge < -0.3 is 9.47 Å². The van der Waals surface area contributed by atoms with Crippen molar-refractivity contribution in [2.24, 2.45) is 0 Å². The van der Waals surface area contributed by atoms with Gasteiger partial charge >= 0.3 is 0 Å². The molecule has 0 saturated heterocycles. The van der Waals surface area contributed by atoms with Crippen LogP contribution in [0.5, 0.6) is 11.5 Å². The molecular weight excluding hydrogens is 178 g/mol. The molecule has 0 saturated carbocycles. The Bertz CT molecular complexity index is 355. The summed E-state index contributed by atoms with van der Waals surface area (Å²) in [5, 5.41) is 8.38. The SMILES string of the molecule is COc1cc(C=CC#N)cc(OC)c1. The summed E-state index contributed by atoms with van der Waals surface area (Å²) in [5.74, 6) is 1.42. The topological polar surface area (TPSA) is 42.2 Å². The van der Waals surface area contributed by atoms with Crippen molar-refractivity contribution < 1.29 is 9.47 Å². The molecule has 0 fully saturated rings. The minimum Gasteiger partial charge on any atom is -0.497 e. The Morgan fingerprint density at radius 2 is 1.71 bits per heavy atom. The van der Waals surface area contributed by atoms with Gasteiger partial charge in [-0.05, 0) is 23.8 Å². The van der Waals surface area contributed by atoms with Crippen molar-refractivity contribution in [1.82, 2.24) is 0 Å². The molecule has 0 unspecified atom stereocenters. The highest BCUT2D eigenvalue weighted by molar-refractivity contribution is 5.56. The normalized spacial score (nSPS) is 9.79. The number of ether oxygens (including phenoxy) is 2. The molecule has 0 N–H and O–H groups in total. The van der Waals surface area contributed by atoms with Gasteiger partial charge in [0.2, 0.25) is 0 Å². The summed E-state index contributed by atoms with van der Waals surface area (Å²) in [4.78, 5) is 0. The van der Waals surface area contributed by atoms with Gasteiger partial charge in [-0.2, -0.15) is 5.26 Å². The zero-order valence-electron chi connectivity index (χ0n) is 8.15. The lowest BCUT2D eigenvalue weighted by molar-refractivity contribution is 0.394. The maximum Gasteiger partial charge on any atom is 0.123 e. The van der Waals surface area contributed by atoms with E-state index < -0.39 is 0 Å². The van der Waals surface area contributed by atoms with Gasteiger partial charge in [-0.3, -0.25) is 0 Å². The van der Waals surface area contributed by atoms with Gasteiger partial charge in [0.1, 0.15) is 11.5 Å². The highest BCUT2D eigenvalue weighted by Crippen LogP contribution is 2.22. The van der Waals surface area contributed by atoms with E-state index >= 15 is 0 Å². The second kappa shape index (κ2) is 4.93. The van der Waals surface area contributed by atoms with Gasteiger partial charge in [-0.1, -0.05) is 0 Å². The molecule has 0 aliphatic heterocycles. The molecule has 3 heteroatoms. The lowest BCUT2D eigenvalue weighted by Gasteiger charge is -2.05. The highest BCUT2D eigenvalue weighted by atomic mass is 16.5. The molecule has 1 aromatic carbocycles. The van der Waals surface area contributed by atoms with Crippen LogP contribution in [-0.4, -0.2) is 14.2 Å². The van der Waals surface area contributed by atoms with E-state index in [2.05, 4.69) is 0 Å². The van der Waals surface area contributed by atoms with Crippen LogP contribution < -0.4 is 9.47 Å². The highest BCUT2D eigenvalue weighted by Gasteiger charge is 1.98. The van der Waals surface area contributed by atoms with Gasteiger partial charge in [-0.25, -0.2) is 0 Å². The number of benzene rings is 1. The quantitative estimate of drug-likeness (QED) is 0.685. The molecule has 0 aromatic heterocycles. The zero-order valence-corrected chi connectivity index (χ0v) is 8.15. The molecule has 0 spiro atoms.